The third-order valence-electron chi connectivity index (χ3n) is 3.37. The molecule has 0 aliphatic rings. The number of fused-ring (bicyclic) bond motifs is 1. The van der Waals surface area contributed by atoms with Crippen molar-refractivity contribution in [3.8, 4) is 0 Å². The molecule has 0 saturated carbocycles. The average molecular weight is 274 g/mol. The van der Waals surface area contributed by atoms with Gasteiger partial charge in [0, 0.05) is 26.3 Å². The number of hydrogen-bond acceptors (Lipinski definition) is 3. The summed E-state index contributed by atoms with van der Waals surface area (Å²) in [4.78, 5) is 7.03. The summed E-state index contributed by atoms with van der Waals surface area (Å²) in [5.41, 5.74) is 2.27. The van der Waals surface area contributed by atoms with Crippen molar-refractivity contribution in [3.05, 3.63) is 30.1 Å². The molecule has 0 saturated heterocycles. The van der Waals surface area contributed by atoms with Crippen LogP contribution in [0.4, 0.5) is 5.82 Å². The first-order valence-corrected chi connectivity index (χ1v) is 7.51. The van der Waals surface area contributed by atoms with E-state index in [0.717, 1.165) is 37.5 Å². The van der Waals surface area contributed by atoms with Crippen molar-refractivity contribution >= 4 is 11.5 Å². The summed E-state index contributed by atoms with van der Waals surface area (Å²) >= 11 is 0. The molecule has 0 bridgehead atoms. The number of aromatic nitrogens is 2. The Bertz CT molecular complexity index is 544. The van der Waals surface area contributed by atoms with E-state index in [0.29, 0.717) is 5.92 Å². The molecule has 0 amide bonds. The molecule has 0 spiro atoms. The minimum atomic E-state index is 0.658. The fourth-order valence-electron chi connectivity index (χ4n) is 2.42. The van der Waals surface area contributed by atoms with E-state index in [4.69, 9.17) is 4.98 Å². The van der Waals surface area contributed by atoms with E-state index in [1.165, 1.54) is 5.69 Å². The minimum Gasteiger partial charge on any atom is -0.358 e. The number of pyridine rings is 1. The molecule has 0 aliphatic carbocycles. The van der Waals surface area contributed by atoms with E-state index in [-0.39, 0.29) is 0 Å². The molecule has 0 unspecified atom stereocenters. The molecular formula is C16H26N4. The predicted molar refractivity (Wildman–Crippen MR) is 85.3 cm³/mol. The lowest BCUT2D eigenvalue weighted by molar-refractivity contribution is 0.547. The van der Waals surface area contributed by atoms with Crippen LogP contribution in [0, 0.1) is 5.92 Å². The largest absolute Gasteiger partial charge is 0.358 e. The van der Waals surface area contributed by atoms with E-state index in [9.17, 15) is 0 Å². The fourth-order valence-corrected chi connectivity index (χ4v) is 2.42. The van der Waals surface area contributed by atoms with Crippen LogP contribution in [-0.2, 0) is 6.54 Å². The molecule has 0 aliphatic heterocycles. The molecule has 2 aromatic rings. The number of nitrogens with zero attached hydrogens (tertiary/aromatic N) is 3. The Kier molecular flexibility index (Phi) is 5.01. The second-order valence-electron chi connectivity index (χ2n) is 5.76. The van der Waals surface area contributed by atoms with Crippen LogP contribution in [0.1, 0.15) is 32.9 Å². The summed E-state index contributed by atoms with van der Waals surface area (Å²) in [6.07, 6.45) is 3.22. The molecule has 2 rings (SSSR count). The topological polar surface area (TPSA) is 32.6 Å². The second kappa shape index (κ2) is 6.75. The number of imidazole rings is 1. The molecular weight excluding hydrogens is 248 g/mol. The van der Waals surface area contributed by atoms with Gasteiger partial charge in [-0.15, -0.1) is 0 Å². The monoisotopic (exact) mass is 274 g/mol. The van der Waals surface area contributed by atoms with Crippen molar-refractivity contribution in [2.75, 3.05) is 25.0 Å². The standard InChI is InChI=1S/C16H26N4/c1-5-9-19(4)16-14(12-17-11-13(2)3)20-10-7-6-8-15(20)18-16/h6-8,10,13,17H,5,9,11-12H2,1-4H3. The highest BCUT2D eigenvalue weighted by atomic mass is 15.2. The van der Waals surface area contributed by atoms with Gasteiger partial charge < -0.3 is 14.6 Å². The maximum Gasteiger partial charge on any atom is 0.152 e. The van der Waals surface area contributed by atoms with Crippen molar-refractivity contribution in [1.29, 1.82) is 0 Å². The number of rotatable bonds is 7. The lowest BCUT2D eigenvalue weighted by Crippen LogP contribution is -2.24. The van der Waals surface area contributed by atoms with Crippen LogP contribution in [0.25, 0.3) is 5.65 Å². The van der Waals surface area contributed by atoms with Gasteiger partial charge in [-0.1, -0.05) is 26.8 Å². The Morgan fingerprint density at radius 1 is 1.35 bits per heavy atom. The van der Waals surface area contributed by atoms with Crippen molar-refractivity contribution in [2.45, 2.75) is 33.7 Å². The summed E-state index contributed by atoms with van der Waals surface area (Å²) in [5.74, 6) is 1.75. The van der Waals surface area contributed by atoms with Gasteiger partial charge in [0.25, 0.3) is 0 Å². The highest BCUT2D eigenvalue weighted by Crippen LogP contribution is 2.21. The Balaban J connectivity index is 2.29. The summed E-state index contributed by atoms with van der Waals surface area (Å²) in [6, 6.07) is 6.16. The van der Waals surface area contributed by atoms with Crippen molar-refractivity contribution in [2.24, 2.45) is 5.92 Å². The quantitative estimate of drug-likeness (QED) is 0.842. The molecule has 0 aromatic carbocycles. The first-order chi connectivity index (χ1) is 9.63. The fraction of sp³-hybridized carbons (Fsp3) is 0.562. The van der Waals surface area contributed by atoms with Gasteiger partial charge in [-0.05, 0) is 31.0 Å². The minimum absolute atomic E-state index is 0.658. The van der Waals surface area contributed by atoms with E-state index >= 15 is 0 Å². The van der Waals surface area contributed by atoms with Gasteiger partial charge in [-0.2, -0.15) is 0 Å². The molecule has 0 fully saturated rings. The highest BCUT2D eigenvalue weighted by Gasteiger charge is 2.14. The number of nitrogens with one attached hydrogen (secondary N) is 1. The zero-order chi connectivity index (χ0) is 14.5. The zero-order valence-corrected chi connectivity index (χ0v) is 13.1. The lowest BCUT2D eigenvalue weighted by Gasteiger charge is -2.18. The average Bonchev–Trinajstić information content (AvgIpc) is 2.78. The Morgan fingerprint density at radius 3 is 2.85 bits per heavy atom. The Hall–Kier alpha value is -1.55. The molecule has 20 heavy (non-hydrogen) atoms. The smallest absolute Gasteiger partial charge is 0.152 e. The lowest BCUT2D eigenvalue weighted by atomic mass is 10.2. The van der Waals surface area contributed by atoms with Crippen LogP contribution in [0.3, 0.4) is 0 Å². The molecule has 2 heterocycles. The van der Waals surface area contributed by atoms with Crippen LogP contribution in [0.2, 0.25) is 0 Å². The molecule has 4 heteroatoms. The van der Waals surface area contributed by atoms with Crippen LogP contribution < -0.4 is 10.2 Å². The van der Waals surface area contributed by atoms with E-state index < -0.39 is 0 Å². The highest BCUT2D eigenvalue weighted by molar-refractivity contribution is 5.55. The normalized spacial score (nSPS) is 11.4. The van der Waals surface area contributed by atoms with Gasteiger partial charge in [0.2, 0.25) is 0 Å². The molecule has 110 valence electrons. The van der Waals surface area contributed by atoms with Crippen LogP contribution in [-0.4, -0.2) is 29.5 Å². The first-order valence-electron chi connectivity index (χ1n) is 7.51. The molecule has 0 radical (unpaired) electrons. The summed E-state index contributed by atoms with van der Waals surface area (Å²) in [5, 5.41) is 3.53. The van der Waals surface area contributed by atoms with Crippen LogP contribution in [0.5, 0.6) is 0 Å². The van der Waals surface area contributed by atoms with Crippen molar-refractivity contribution < 1.29 is 0 Å². The van der Waals surface area contributed by atoms with Gasteiger partial charge in [0.1, 0.15) is 5.65 Å². The maximum absolute atomic E-state index is 4.78. The van der Waals surface area contributed by atoms with Gasteiger partial charge in [-0.25, -0.2) is 4.98 Å². The van der Waals surface area contributed by atoms with E-state index in [2.05, 4.69) is 60.8 Å². The third kappa shape index (κ3) is 3.31. The molecule has 4 nitrogen and oxygen atoms in total. The van der Waals surface area contributed by atoms with Gasteiger partial charge in [-0.3, -0.25) is 0 Å². The first kappa shape index (κ1) is 14.9. The SMILES string of the molecule is CCCN(C)c1nc2ccccn2c1CNCC(C)C. The van der Waals surface area contributed by atoms with Crippen LogP contribution in [0.15, 0.2) is 24.4 Å². The predicted octanol–water partition coefficient (Wildman–Crippen LogP) is 2.93. The number of hydrogen-bond donors (Lipinski definition) is 1. The van der Waals surface area contributed by atoms with Gasteiger partial charge >= 0.3 is 0 Å². The van der Waals surface area contributed by atoms with E-state index in [1.54, 1.807) is 0 Å². The van der Waals surface area contributed by atoms with Gasteiger partial charge in [0.15, 0.2) is 5.82 Å². The Morgan fingerprint density at radius 2 is 2.15 bits per heavy atom. The van der Waals surface area contributed by atoms with E-state index in [1.807, 2.05) is 6.07 Å². The van der Waals surface area contributed by atoms with Crippen LogP contribution >= 0.6 is 0 Å². The Labute approximate surface area is 121 Å². The molecule has 0 atom stereocenters. The van der Waals surface area contributed by atoms with Gasteiger partial charge in [0.05, 0.1) is 5.69 Å². The maximum atomic E-state index is 4.78. The van der Waals surface area contributed by atoms with Crippen molar-refractivity contribution in [3.63, 3.8) is 0 Å². The summed E-state index contributed by atoms with van der Waals surface area (Å²) < 4.78 is 2.19. The second-order valence-corrected chi connectivity index (χ2v) is 5.76. The van der Waals surface area contributed by atoms with Crippen molar-refractivity contribution in [1.82, 2.24) is 14.7 Å². The summed E-state index contributed by atoms with van der Waals surface area (Å²) in [6.45, 7) is 9.56. The molecule has 2 aromatic heterocycles. The third-order valence-corrected chi connectivity index (χ3v) is 3.37. The summed E-state index contributed by atoms with van der Waals surface area (Å²) in [7, 11) is 2.12. The number of anilines is 1. The zero-order valence-electron chi connectivity index (χ0n) is 13.1. The molecule has 1 N–H and O–H groups in total.